The van der Waals surface area contributed by atoms with Gasteiger partial charge in [-0.3, -0.25) is 5.43 Å². The Morgan fingerprint density at radius 2 is 1.65 bits per heavy atom. The van der Waals surface area contributed by atoms with Crippen molar-refractivity contribution in [2.45, 2.75) is 6.92 Å². The van der Waals surface area contributed by atoms with E-state index in [0.717, 1.165) is 12.4 Å². The number of carbonyl (C=O) groups is 1. The van der Waals surface area contributed by atoms with Crippen molar-refractivity contribution in [1.29, 1.82) is 5.41 Å². The molecule has 0 atom stereocenters. The summed E-state index contributed by atoms with van der Waals surface area (Å²) in [6.07, 6.45) is 1.88. The maximum absolute atomic E-state index is 13.6. The van der Waals surface area contributed by atoms with Gasteiger partial charge in [0.1, 0.15) is 0 Å². The summed E-state index contributed by atoms with van der Waals surface area (Å²) in [6.45, 7) is 1.60. The van der Waals surface area contributed by atoms with Crippen molar-refractivity contribution in [2.24, 2.45) is 5.10 Å². The Morgan fingerprint density at radius 3 is 2.23 bits per heavy atom. The van der Waals surface area contributed by atoms with Crippen molar-refractivity contribution in [3.63, 3.8) is 0 Å². The second kappa shape index (κ2) is 7.72. The van der Waals surface area contributed by atoms with Crippen LogP contribution in [0.25, 0.3) is 0 Å². The van der Waals surface area contributed by atoms with Gasteiger partial charge in [-0.05, 0) is 19.1 Å². The maximum atomic E-state index is 13.6. The molecule has 0 saturated carbocycles. The fourth-order valence-electron chi connectivity index (χ4n) is 1.89. The second-order valence-corrected chi connectivity index (χ2v) is 4.89. The molecule has 2 aromatic rings. The van der Waals surface area contributed by atoms with Gasteiger partial charge in [0.25, 0.3) is 0 Å². The van der Waals surface area contributed by atoms with Crippen LogP contribution in [0.5, 0.6) is 5.75 Å². The van der Waals surface area contributed by atoms with E-state index in [1.807, 2.05) is 0 Å². The SMILES string of the molecule is Cc1ccc(N/N=C\C=N)c(C(=O)Oc2c(F)c(F)c(F)c(F)c2F)c1. The number of aryl methyl sites for hydroxylation is 1. The number of ether oxygens (including phenoxy) is 1. The molecule has 0 bridgehead atoms. The molecule has 0 saturated heterocycles. The molecule has 0 radical (unpaired) electrons. The minimum atomic E-state index is -2.36. The summed E-state index contributed by atoms with van der Waals surface area (Å²) in [4.78, 5) is 12.2. The molecule has 26 heavy (non-hydrogen) atoms. The van der Waals surface area contributed by atoms with Gasteiger partial charge in [-0.25, -0.2) is 18.0 Å². The predicted molar refractivity (Wildman–Crippen MR) is 83.3 cm³/mol. The number of esters is 1. The van der Waals surface area contributed by atoms with Crippen LogP contribution < -0.4 is 10.2 Å². The third-order valence-corrected chi connectivity index (χ3v) is 3.09. The van der Waals surface area contributed by atoms with Gasteiger partial charge in [-0.1, -0.05) is 11.6 Å². The van der Waals surface area contributed by atoms with E-state index < -0.39 is 40.8 Å². The van der Waals surface area contributed by atoms with Gasteiger partial charge in [0.05, 0.1) is 17.5 Å². The van der Waals surface area contributed by atoms with E-state index in [2.05, 4.69) is 15.3 Å². The Bertz CT molecular complexity index is 886. The molecule has 10 heteroatoms. The van der Waals surface area contributed by atoms with E-state index in [1.54, 1.807) is 13.0 Å². The monoisotopic (exact) mass is 371 g/mol. The topological polar surface area (TPSA) is 74.5 Å². The predicted octanol–water partition coefficient (Wildman–Crippen LogP) is 3.96. The van der Waals surface area contributed by atoms with Crippen molar-refractivity contribution in [2.75, 3.05) is 5.43 Å². The Kier molecular flexibility index (Phi) is 5.65. The lowest BCUT2D eigenvalue weighted by atomic mass is 10.1. The molecule has 0 amide bonds. The number of benzene rings is 2. The number of anilines is 1. The van der Waals surface area contributed by atoms with Crippen molar-refractivity contribution >= 4 is 24.1 Å². The van der Waals surface area contributed by atoms with E-state index >= 15 is 0 Å². The number of rotatable bonds is 5. The molecule has 2 aromatic carbocycles. The second-order valence-electron chi connectivity index (χ2n) is 4.89. The summed E-state index contributed by atoms with van der Waals surface area (Å²) in [6, 6.07) is 4.21. The van der Waals surface area contributed by atoms with Gasteiger partial charge in [-0.2, -0.15) is 13.9 Å². The number of hydrogen-bond acceptors (Lipinski definition) is 5. The molecule has 0 heterocycles. The van der Waals surface area contributed by atoms with Gasteiger partial charge >= 0.3 is 5.97 Å². The fourth-order valence-corrected chi connectivity index (χ4v) is 1.89. The van der Waals surface area contributed by atoms with E-state index in [1.165, 1.54) is 12.1 Å². The highest BCUT2D eigenvalue weighted by atomic mass is 19.2. The largest absolute Gasteiger partial charge is 0.416 e. The first-order valence-electron chi connectivity index (χ1n) is 6.90. The minimum absolute atomic E-state index is 0.0302. The molecule has 2 N–H and O–H groups in total. The maximum Gasteiger partial charge on any atom is 0.345 e. The first kappa shape index (κ1) is 19.0. The third kappa shape index (κ3) is 3.68. The van der Waals surface area contributed by atoms with Gasteiger partial charge in [0.15, 0.2) is 0 Å². The Balaban J connectivity index is 2.44. The zero-order valence-electron chi connectivity index (χ0n) is 13.0. The molecule has 0 fully saturated rings. The summed E-state index contributed by atoms with van der Waals surface area (Å²) < 4.78 is 71.1. The van der Waals surface area contributed by atoms with E-state index in [9.17, 15) is 26.7 Å². The molecule has 0 aliphatic rings. The van der Waals surface area contributed by atoms with Crippen LogP contribution in [0, 0.1) is 41.4 Å². The van der Waals surface area contributed by atoms with Gasteiger partial charge in [0, 0.05) is 6.21 Å². The van der Waals surface area contributed by atoms with E-state index in [-0.39, 0.29) is 11.3 Å². The number of nitrogens with zero attached hydrogens (tertiary/aromatic N) is 1. The van der Waals surface area contributed by atoms with E-state index in [0.29, 0.717) is 5.56 Å². The van der Waals surface area contributed by atoms with E-state index in [4.69, 9.17) is 5.41 Å². The first-order valence-corrected chi connectivity index (χ1v) is 6.90. The van der Waals surface area contributed by atoms with Crippen LogP contribution in [-0.4, -0.2) is 18.4 Å². The third-order valence-electron chi connectivity index (χ3n) is 3.09. The van der Waals surface area contributed by atoms with Crippen LogP contribution in [0.1, 0.15) is 15.9 Å². The Hall–Kier alpha value is -3.30. The summed E-state index contributed by atoms with van der Waals surface area (Å²) in [5.74, 6) is -14.4. The molecule has 2 rings (SSSR count). The minimum Gasteiger partial charge on any atom is -0.416 e. The normalized spacial score (nSPS) is 10.8. The Morgan fingerprint density at radius 1 is 1.08 bits per heavy atom. The number of hydrogen-bond donors (Lipinski definition) is 2. The van der Waals surface area contributed by atoms with Crippen LogP contribution >= 0.6 is 0 Å². The lowest BCUT2D eigenvalue weighted by molar-refractivity contribution is 0.0717. The molecular formula is C16H10F5N3O2. The van der Waals surface area contributed by atoms with Gasteiger partial charge < -0.3 is 10.1 Å². The zero-order valence-corrected chi connectivity index (χ0v) is 13.0. The van der Waals surface area contributed by atoms with Crippen LogP contribution in [-0.2, 0) is 0 Å². The quantitative estimate of drug-likeness (QED) is 0.159. The molecule has 5 nitrogen and oxygen atoms in total. The number of carbonyl (C=O) groups excluding carboxylic acids is 1. The molecule has 136 valence electrons. The van der Waals surface area contributed by atoms with Crippen molar-refractivity contribution in [3.05, 3.63) is 58.4 Å². The number of halogens is 5. The summed E-state index contributed by atoms with van der Waals surface area (Å²) in [5, 5.41) is 10.4. The van der Waals surface area contributed by atoms with Crippen LogP contribution in [0.2, 0.25) is 0 Å². The Labute approximate surface area is 143 Å². The van der Waals surface area contributed by atoms with Gasteiger partial charge in [-0.15, -0.1) is 0 Å². The van der Waals surface area contributed by atoms with Crippen LogP contribution in [0.4, 0.5) is 27.6 Å². The number of nitrogens with one attached hydrogen (secondary N) is 2. The average molecular weight is 371 g/mol. The molecule has 0 aliphatic heterocycles. The molecule has 0 spiro atoms. The van der Waals surface area contributed by atoms with Gasteiger partial charge in [0.2, 0.25) is 34.8 Å². The first-order chi connectivity index (χ1) is 12.3. The highest BCUT2D eigenvalue weighted by molar-refractivity contribution is 6.14. The van der Waals surface area contributed by atoms with Crippen LogP contribution in [0.3, 0.4) is 0 Å². The molecule has 0 aromatic heterocycles. The fraction of sp³-hybridized carbons (Fsp3) is 0.0625. The smallest absolute Gasteiger partial charge is 0.345 e. The summed E-state index contributed by atoms with van der Waals surface area (Å²) in [5.41, 5.74) is 2.71. The average Bonchev–Trinajstić information content (AvgIpc) is 2.63. The molecule has 0 aliphatic carbocycles. The lowest BCUT2D eigenvalue weighted by Gasteiger charge is -2.11. The lowest BCUT2D eigenvalue weighted by Crippen LogP contribution is -2.15. The molecular weight excluding hydrogens is 361 g/mol. The summed E-state index contributed by atoms with van der Waals surface area (Å²) >= 11 is 0. The van der Waals surface area contributed by atoms with Crippen molar-refractivity contribution < 1.29 is 31.5 Å². The van der Waals surface area contributed by atoms with Crippen LogP contribution in [0.15, 0.2) is 23.3 Å². The van der Waals surface area contributed by atoms with Crippen molar-refractivity contribution in [1.82, 2.24) is 0 Å². The highest BCUT2D eigenvalue weighted by Crippen LogP contribution is 2.30. The number of hydrazone groups is 1. The highest BCUT2D eigenvalue weighted by Gasteiger charge is 2.29. The summed E-state index contributed by atoms with van der Waals surface area (Å²) in [7, 11) is 0. The van der Waals surface area contributed by atoms with Crippen molar-refractivity contribution in [3.8, 4) is 5.75 Å². The standard InChI is InChI=1S/C16H10F5N3O2/c1-7-2-3-9(24-23-5-4-22)8(6-7)16(25)26-15-13(20)11(18)10(17)12(19)14(15)21/h2-6,22,24H,1H3/b22-4?,23-5-. The zero-order chi connectivity index (χ0) is 19.4. The molecule has 0 unspecified atom stereocenters.